The smallest absolute Gasteiger partial charge is 0.248 e. The third kappa shape index (κ3) is 4.50. The lowest BCUT2D eigenvalue weighted by Gasteiger charge is -2.11. The van der Waals surface area contributed by atoms with E-state index in [-0.39, 0.29) is 24.2 Å². The first-order valence-electron chi connectivity index (χ1n) is 7.96. The van der Waals surface area contributed by atoms with Gasteiger partial charge in [0.25, 0.3) is 0 Å². The summed E-state index contributed by atoms with van der Waals surface area (Å²) in [6, 6.07) is 3.36. The fourth-order valence-electron chi connectivity index (χ4n) is 2.49. The SMILES string of the molecule is COc1cc(OC)c(OC)cc1/C=N\NC(=O)CCC1C(=O)NN=C1C. The molecule has 0 radical (unpaired) electrons. The van der Waals surface area contributed by atoms with Crippen LogP contribution in [-0.2, 0) is 9.59 Å². The van der Waals surface area contributed by atoms with Crippen LogP contribution in [0, 0.1) is 5.92 Å². The van der Waals surface area contributed by atoms with Crippen molar-refractivity contribution in [2.45, 2.75) is 19.8 Å². The van der Waals surface area contributed by atoms with Crippen LogP contribution in [0.5, 0.6) is 17.2 Å². The number of hydrogen-bond donors (Lipinski definition) is 2. The van der Waals surface area contributed by atoms with Gasteiger partial charge in [-0.05, 0) is 19.4 Å². The molecule has 1 aliphatic rings. The minimum absolute atomic E-state index is 0.158. The van der Waals surface area contributed by atoms with E-state index in [2.05, 4.69) is 21.1 Å². The predicted molar refractivity (Wildman–Crippen MR) is 95.8 cm³/mol. The number of nitrogens with one attached hydrogen (secondary N) is 2. The molecule has 2 amide bonds. The van der Waals surface area contributed by atoms with Gasteiger partial charge in [0.2, 0.25) is 11.8 Å². The largest absolute Gasteiger partial charge is 0.496 e. The van der Waals surface area contributed by atoms with Gasteiger partial charge in [-0.1, -0.05) is 0 Å². The molecule has 9 heteroatoms. The van der Waals surface area contributed by atoms with Crippen molar-refractivity contribution in [1.82, 2.24) is 10.9 Å². The number of carbonyl (C=O) groups excluding carboxylic acids is 2. The number of benzene rings is 1. The molecule has 0 saturated carbocycles. The molecule has 0 spiro atoms. The molecule has 0 aromatic heterocycles. The van der Waals surface area contributed by atoms with Crippen molar-refractivity contribution in [3.05, 3.63) is 17.7 Å². The summed E-state index contributed by atoms with van der Waals surface area (Å²) in [4.78, 5) is 23.5. The molecular formula is C17H22N4O5. The minimum atomic E-state index is -0.365. The third-order valence-corrected chi connectivity index (χ3v) is 3.95. The van der Waals surface area contributed by atoms with E-state index in [0.29, 0.717) is 34.9 Å². The second kappa shape index (κ2) is 8.84. The van der Waals surface area contributed by atoms with Crippen LogP contribution in [0.15, 0.2) is 22.3 Å². The standard InChI is InChI=1S/C17H22N4O5/c1-10-12(17(23)21-19-10)5-6-16(22)20-18-9-11-7-14(25-3)15(26-4)8-13(11)24-2/h7-9,12H,5-6H2,1-4H3,(H,20,22)(H,21,23)/b18-9-. The Morgan fingerprint density at radius 2 is 1.88 bits per heavy atom. The van der Waals surface area contributed by atoms with Gasteiger partial charge in [0, 0.05) is 23.8 Å². The van der Waals surface area contributed by atoms with Crippen molar-refractivity contribution in [1.29, 1.82) is 0 Å². The summed E-state index contributed by atoms with van der Waals surface area (Å²) < 4.78 is 15.7. The molecule has 0 fully saturated rings. The second-order valence-corrected chi connectivity index (χ2v) is 5.56. The van der Waals surface area contributed by atoms with E-state index in [0.717, 1.165) is 0 Å². The molecule has 1 aliphatic heterocycles. The first-order chi connectivity index (χ1) is 12.5. The van der Waals surface area contributed by atoms with E-state index in [1.54, 1.807) is 19.1 Å². The monoisotopic (exact) mass is 362 g/mol. The van der Waals surface area contributed by atoms with Crippen LogP contribution in [0.2, 0.25) is 0 Å². The number of methoxy groups -OCH3 is 3. The van der Waals surface area contributed by atoms with E-state index < -0.39 is 0 Å². The van der Waals surface area contributed by atoms with E-state index in [1.807, 2.05) is 0 Å². The lowest BCUT2D eigenvalue weighted by Crippen LogP contribution is -2.25. The summed E-state index contributed by atoms with van der Waals surface area (Å²) in [7, 11) is 4.58. The van der Waals surface area contributed by atoms with Gasteiger partial charge in [-0.15, -0.1) is 0 Å². The average Bonchev–Trinajstić information content (AvgIpc) is 2.97. The van der Waals surface area contributed by atoms with Gasteiger partial charge in [0.05, 0.1) is 33.5 Å². The highest BCUT2D eigenvalue weighted by Gasteiger charge is 2.26. The van der Waals surface area contributed by atoms with Crippen LogP contribution in [0.25, 0.3) is 0 Å². The van der Waals surface area contributed by atoms with Crippen LogP contribution < -0.4 is 25.1 Å². The zero-order valence-electron chi connectivity index (χ0n) is 15.2. The van der Waals surface area contributed by atoms with Crippen molar-refractivity contribution in [3.8, 4) is 17.2 Å². The Labute approximate surface area is 151 Å². The molecule has 1 aromatic carbocycles. The zero-order chi connectivity index (χ0) is 19.1. The van der Waals surface area contributed by atoms with Crippen LogP contribution in [0.1, 0.15) is 25.3 Å². The van der Waals surface area contributed by atoms with E-state index in [1.165, 1.54) is 27.5 Å². The number of hydrazone groups is 2. The van der Waals surface area contributed by atoms with Gasteiger partial charge in [0.15, 0.2) is 11.5 Å². The van der Waals surface area contributed by atoms with Crippen LogP contribution in [0.4, 0.5) is 0 Å². The minimum Gasteiger partial charge on any atom is -0.496 e. The van der Waals surface area contributed by atoms with Crippen molar-refractivity contribution in [2.75, 3.05) is 21.3 Å². The summed E-state index contributed by atoms with van der Waals surface area (Å²) in [6.45, 7) is 1.75. The Morgan fingerprint density at radius 1 is 1.23 bits per heavy atom. The third-order valence-electron chi connectivity index (χ3n) is 3.95. The number of nitrogens with zero attached hydrogens (tertiary/aromatic N) is 2. The molecule has 2 rings (SSSR count). The van der Waals surface area contributed by atoms with Crippen molar-refractivity contribution in [3.63, 3.8) is 0 Å². The van der Waals surface area contributed by atoms with E-state index >= 15 is 0 Å². The summed E-state index contributed by atoms with van der Waals surface area (Å²) >= 11 is 0. The molecule has 2 N–H and O–H groups in total. The summed E-state index contributed by atoms with van der Waals surface area (Å²) in [5, 5.41) is 7.78. The molecule has 1 atom stereocenters. The molecule has 1 unspecified atom stereocenters. The number of ether oxygens (including phenoxy) is 3. The first kappa shape index (κ1) is 19.2. The number of amides is 2. The Morgan fingerprint density at radius 3 is 2.46 bits per heavy atom. The fraction of sp³-hybridized carbons (Fsp3) is 0.412. The van der Waals surface area contributed by atoms with E-state index in [4.69, 9.17) is 14.2 Å². The van der Waals surface area contributed by atoms with Crippen molar-refractivity contribution < 1.29 is 23.8 Å². The molecule has 140 valence electrons. The van der Waals surface area contributed by atoms with Gasteiger partial charge in [-0.3, -0.25) is 9.59 Å². The first-order valence-corrected chi connectivity index (χ1v) is 7.96. The quantitative estimate of drug-likeness (QED) is 0.531. The summed E-state index contributed by atoms with van der Waals surface area (Å²) in [5.41, 5.74) is 6.12. The Hall–Kier alpha value is -3.10. The number of rotatable bonds is 8. The molecular weight excluding hydrogens is 340 g/mol. The maximum absolute atomic E-state index is 11.9. The topological polar surface area (TPSA) is 111 Å². The molecule has 0 saturated heterocycles. The lowest BCUT2D eigenvalue weighted by atomic mass is 9.99. The highest BCUT2D eigenvalue weighted by Crippen LogP contribution is 2.33. The van der Waals surface area contributed by atoms with Gasteiger partial charge in [0.1, 0.15) is 5.75 Å². The Balaban J connectivity index is 1.96. The van der Waals surface area contributed by atoms with Gasteiger partial charge < -0.3 is 14.2 Å². The summed E-state index contributed by atoms with van der Waals surface area (Å²) in [6.07, 6.45) is 1.99. The Bertz CT molecular complexity index is 745. The highest BCUT2D eigenvalue weighted by molar-refractivity contribution is 6.07. The fourth-order valence-corrected chi connectivity index (χ4v) is 2.49. The van der Waals surface area contributed by atoms with Crippen LogP contribution in [-0.4, -0.2) is 45.1 Å². The molecule has 26 heavy (non-hydrogen) atoms. The molecule has 0 bridgehead atoms. The number of carbonyl (C=O) groups is 2. The maximum Gasteiger partial charge on any atom is 0.248 e. The zero-order valence-corrected chi connectivity index (χ0v) is 15.2. The van der Waals surface area contributed by atoms with Gasteiger partial charge in [-0.2, -0.15) is 10.2 Å². The average molecular weight is 362 g/mol. The van der Waals surface area contributed by atoms with Gasteiger partial charge >= 0.3 is 0 Å². The number of hydrogen-bond acceptors (Lipinski definition) is 7. The normalized spacial score (nSPS) is 16.2. The van der Waals surface area contributed by atoms with Gasteiger partial charge in [-0.25, -0.2) is 10.9 Å². The Kier molecular flexibility index (Phi) is 6.54. The molecule has 0 aliphatic carbocycles. The van der Waals surface area contributed by atoms with Crippen molar-refractivity contribution in [2.24, 2.45) is 16.1 Å². The predicted octanol–water partition coefficient (Wildman–Crippen LogP) is 1.06. The molecule has 9 nitrogen and oxygen atoms in total. The van der Waals surface area contributed by atoms with Crippen LogP contribution in [0.3, 0.4) is 0 Å². The van der Waals surface area contributed by atoms with Crippen LogP contribution >= 0.6 is 0 Å². The second-order valence-electron chi connectivity index (χ2n) is 5.56. The molecule has 1 heterocycles. The van der Waals surface area contributed by atoms with E-state index in [9.17, 15) is 9.59 Å². The van der Waals surface area contributed by atoms with Crippen molar-refractivity contribution >= 4 is 23.7 Å². The summed E-state index contributed by atoms with van der Waals surface area (Å²) in [5.74, 6) is 0.716. The maximum atomic E-state index is 11.9. The molecule has 1 aromatic rings. The highest BCUT2D eigenvalue weighted by atomic mass is 16.5. The lowest BCUT2D eigenvalue weighted by molar-refractivity contribution is -0.123.